The Balaban J connectivity index is 2.10. The first kappa shape index (κ1) is 13.3. The molecule has 1 N–H and O–H groups in total. The Labute approximate surface area is 113 Å². The van der Waals surface area contributed by atoms with Gasteiger partial charge in [0.2, 0.25) is 15.3 Å². The first-order valence-corrected chi connectivity index (χ1v) is 7.60. The third-order valence-electron chi connectivity index (χ3n) is 2.02. The van der Waals surface area contributed by atoms with Crippen LogP contribution in [0.1, 0.15) is 10.7 Å². The summed E-state index contributed by atoms with van der Waals surface area (Å²) in [6.45, 7) is 1.99. The van der Waals surface area contributed by atoms with Gasteiger partial charge in [-0.05, 0) is 18.5 Å². The lowest BCUT2D eigenvalue weighted by molar-refractivity contribution is 0.579. The molecule has 9 heteroatoms. The number of aryl methyl sites for hydroxylation is 1. The van der Waals surface area contributed by atoms with E-state index in [0.717, 1.165) is 17.4 Å². The molecule has 2 aromatic heterocycles. The van der Waals surface area contributed by atoms with Crippen molar-refractivity contribution in [2.24, 2.45) is 0 Å². The van der Waals surface area contributed by atoms with E-state index in [0.29, 0.717) is 5.69 Å². The number of nitrogens with zero attached hydrogens (tertiary/aromatic N) is 3. The largest absolute Gasteiger partial charge is 0.245 e. The number of nitrogens with one attached hydrogen (secondary N) is 1. The van der Waals surface area contributed by atoms with Crippen molar-refractivity contribution in [1.82, 2.24) is 19.7 Å². The Hall–Kier alpha value is -1.09. The summed E-state index contributed by atoms with van der Waals surface area (Å²) in [5, 5.41) is 2.69. The van der Waals surface area contributed by atoms with Crippen LogP contribution in [0.15, 0.2) is 22.7 Å². The molecule has 0 spiro atoms. The number of hydrogen-bond acceptors (Lipinski definition) is 6. The summed E-state index contributed by atoms with van der Waals surface area (Å²) in [6, 6.07) is 0. The number of halogens is 1. The Bertz CT molecular complexity index is 639. The van der Waals surface area contributed by atoms with Crippen LogP contribution in [0.25, 0.3) is 0 Å². The molecule has 2 aromatic rings. The van der Waals surface area contributed by atoms with E-state index < -0.39 is 10.0 Å². The lowest BCUT2D eigenvalue weighted by atomic mass is 10.5. The van der Waals surface area contributed by atoms with Crippen molar-refractivity contribution in [3.8, 4) is 0 Å². The molecule has 2 heterocycles. The van der Waals surface area contributed by atoms with Gasteiger partial charge in [-0.15, -0.1) is 11.3 Å². The maximum Gasteiger partial charge on any atom is 0.243 e. The van der Waals surface area contributed by atoms with Gasteiger partial charge in [0.25, 0.3) is 0 Å². The monoisotopic (exact) mass is 304 g/mol. The van der Waals surface area contributed by atoms with Gasteiger partial charge in [0.1, 0.15) is 4.90 Å². The lowest BCUT2D eigenvalue weighted by Crippen LogP contribution is -2.23. The van der Waals surface area contributed by atoms with Crippen LogP contribution in [-0.4, -0.2) is 23.4 Å². The fourth-order valence-electron chi connectivity index (χ4n) is 1.18. The quantitative estimate of drug-likeness (QED) is 0.862. The minimum absolute atomic E-state index is 0.00377. The molecule has 0 aliphatic heterocycles. The van der Waals surface area contributed by atoms with E-state index in [1.54, 1.807) is 5.38 Å². The van der Waals surface area contributed by atoms with Gasteiger partial charge in [-0.3, -0.25) is 0 Å². The normalized spacial score (nSPS) is 11.7. The molecule has 0 amide bonds. The van der Waals surface area contributed by atoms with Gasteiger partial charge < -0.3 is 0 Å². The summed E-state index contributed by atoms with van der Waals surface area (Å²) in [7, 11) is -3.63. The first-order valence-electron chi connectivity index (χ1n) is 4.85. The van der Waals surface area contributed by atoms with E-state index >= 15 is 0 Å². The molecular weight excluding hydrogens is 296 g/mol. The third kappa shape index (κ3) is 3.22. The van der Waals surface area contributed by atoms with Gasteiger partial charge in [-0.1, -0.05) is 0 Å². The average molecular weight is 305 g/mol. The predicted octanol–water partition coefficient (Wildman–Crippen LogP) is 1.37. The molecule has 2 rings (SSSR count). The molecule has 18 heavy (non-hydrogen) atoms. The van der Waals surface area contributed by atoms with Crippen LogP contribution in [0, 0.1) is 6.92 Å². The molecule has 6 nitrogen and oxygen atoms in total. The second kappa shape index (κ2) is 5.27. The SMILES string of the molecule is Cc1nc(CNS(=O)(=O)c2cnc(Cl)nc2)cs1. The Morgan fingerprint density at radius 3 is 2.61 bits per heavy atom. The second-order valence-corrected chi connectivity index (χ2v) is 6.54. The summed E-state index contributed by atoms with van der Waals surface area (Å²) in [5.74, 6) is 0. The Morgan fingerprint density at radius 2 is 2.06 bits per heavy atom. The Kier molecular flexibility index (Phi) is 3.91. The van der Waals surface area contributed by atoms with E-state index in [1.165, 1.54) is 11.3 Å². The van der Waals surface area contributed by atoms with Crippen molar-refractivity contribution in [3.63, 3.8) is 0 Å². The number of sulfonamides is 1. The molecule has 0 saturated heterocycles. The minimum Gasteiger partial charge on any atom is -0.245 e. The first-order chi connectivity index (χ1) is 8.47. The zero-order valence-corrected chi connectivity index (χ0v) is 11.7. The summed E-state index contributed by atoms with van der Waals surface area (Å²) in [5.41, 5.74) is 0.677. The number of rotatable bonds is 4. The van der Waals surface area contributed by atoms with E-state index in [-0.39, 0.29) is 16.7 Å². The van der Waals surface area contributed by atoms with Crippen molar-refractivity contribution in [2.75, 3.05) is 0 Å². The molecule has 0 bridgehead atoms. The molecule has 0 aliphatic carbocycles. The average Bonchev–Trinajstić information content (AvgIpc) is 2.73. The van der Waals surface area contributed by atoms with Crippen LogP contribution in [0.3, 0.4) is 0 Å². The highest BCUT2D eigenvalue weighted by Gasteiger charge is 2.15. The van der Waals surface area contributed by atoms with Crippen LogP contribution in [0.5, 0.6) is 0 Å². The predicted molar refractivity (Wildman–Crippen MR) is 67.9 cm³/mol. The summed E-state index contributed by atoms with van der Waals surface area (Å²) in [6.07, 6.45) is 2.31. The van der Waals surface area contributed by atoms with Gasteiger partial charge >= 0.3 is 0 Å². The number of hydrogen-bond donors (Lipinski definition) is 1. The standard InChI is InChI=1S/C9H9ClN4O2S2/c1-6-14-7(5-17-6)2-13-18(15,16)8-3-11-9(10)12-4-8/h3-5,13H,2H2,1H3. The minimum atomic E-state index is -3.63. The highest BCUT2D eigenvalue weighted by molar-refractivity contribution is 7.89. The third-order valence-corrected chi connectivity index (χ3v) is 4.39. The van der Waals surface area contributed by atoms with Crippen LogP contribution < -0.4 is 4.72 Å². The van der Waals surface area contributed by atoms with Gasteiger partial charge in [0.15, 0.2) is 0 Å². The number of thiazole rings is 1. The van der Waals surface area contributed by atoms with Crippen LogP contribution in [0.4, 0.5) is 0 Å². The van der Waals surface area contributed by atoms with Gasteiger partial charge in [-0.2, -0.15) is 0 Å². The smallest absolute Gasteiger partial charge is 0.243 e. The molecule has 0 aromatic carbocycles. The van der Waals surface area contributed by atoms with Crippen LogP contribution >= 0.6 is 22.9 Å². The van der Waals surface area contributed by atoms with Gasteiger partial charge in [-0.25, -0.2) is 28.1 Å². The topological polar surface area (TPSA) is 84.8 Å². The maximum absolute atomic E-state index is 11.9. The lowest BCUT2D eigenvalue weighted by Gasteiger charge is -2.04. The molecule has 0 unspecified atom stereocenters. The van der Waals surface area contributed by atoms with Crippen LogP contribution in [0.2, 0.25) is 5.28 Å². The fraction of sp³-hybridized carbons (Fsp3) is 0.222. The summed E-state index contributed by atoms with van der Waals surface area (Å²) >= 11 is 6.96. The molecule has 0 atom stereocenters. The highest BCUT2D eigenvalue weighted by Crippen LogP contribution is 2.10. The van der Waals surface area contributed by atoms with E-state index in [4.69, 9.17) is 11.6 Å². The second-order valence-electron chi connectivity index (χ2n) is 3.37. The highest BCUT2D eigenvalue weighted by atomic mass is 35.5. The van der Waals surface area contributed by atoms with Crippen molar-refractivity contribution >= 4 is 33.0 Å². The van der Waals surface area contributed by atoms with Crippen molar-refractivity contribution < 1.29 is 8.42 Å². The zero-order valence-electron chi connectivity index (χ0n) is 9.29. The number of aromatic nitrogens is 3. The van der Waals surface area contributed by atoms with E-state index in [9.17, 15) is 8.42 Å². The maximum atomic E-state index is 11.9. The van der Waals surface area contributed by atoms with Gasteiger partial charge in [0, 0.05) is 5.38 Å². The van der Waals surface area contributed by atoms with E-state index in [2.05, 4.69) is 19.7 Å². The molecule has 96 valence electrons. The molecule has 0 radical (unpaired) electrons. The summed E-state index contributed by atoms with van der Waals surface area (Å²) in [4.78, 5) is 11.4. The van der Waals surface area contributed by atoms with Crippen molar-refractivity contribution in [3.05, 3.63) is 33.8 Å². The fourth-order valence-corrected chi connectivity index (χ4v) is 2.78. The molecule has 0 saturated carbocycles. The Morgan fingerprint density at radius 1 is 1.39 bits per heavy atom. The zero-order chi connectivity index (χ0) is 13.2. The molecular formula is C9H9ClN4O2S2. The molecule has 0 fully saturated rings. The van der Waals surface area contributed by atoms with Crippen molar-refractivity contribution in [2.45, 2.75) is 18.4 Å². The summed E-state index contributed by atoms with van der Waals surface area (Å²) < 4.78 is 26.1. The molecule has 0 aliphatic rings. The van der Waals surface area contributed by atoms with E-state index in [1.807, 2.05) is 6.92 Å². The van der Waals surface area contributed by atoms with Gasteiger partial charge in [0.05, 0.1) is 29.6 Å². The van der Waals surface area contributed by atoms with Crippen molar-refractivity contribution in [1.29, 1.82) is 0 Å². The van der Waals surface area contributed by atoms with Crippen LogP contribution in [-0.2, 0) is 16.6 Å².